The fourth-order valence-corrected chi connectivity index (χ4v) is 1.87. The van der Waals surface area contributed by atoms with Crippen LogP contribution in [-0.4, -0.2) is 76.7 Å². The monoisotopic (exact) mass is 254 g/mol. The standard InChI is InChI=1S/C10H18N6O2/c17-8(7-16-3-1-11-2-4-16)5-12-10(18)9-6-13-15-14-9/h6,8,11,17H,1-5,7H2,(H,12,18)(H,13,14,15)/t8-/m1/s1. The van der Waals surface area contributed by atoms with Crippen molar-refractivity contribution >= 4 is 5.91 Å². The maximum absolute atomic E-state index is 11.5. The summed E-state index contributed by atoms with van der Waals surface area (Å²) in [6, 6.07) is 0. The van der Waals surface area contributed by atoms with Crippen molar-refractivity contribution in [2.45, 2.75) is 6.10 Å². The highest BCUT2D eigenvalue weighted by Gasteiger charge is 2.15. The third-order valence-electron chi connectivity index (χ3n) is 2.82. The number of nitrogens with zero attached hydrogens (tertiary/aromatic N) is 3. The van der Waals surface area contributed by atoms with Crippen LogP contribution in [0.1, 0.15) is 10.5 Å². The molecule has 2 heterocycles. The van der Waals surface area contributed by atoms with Gasteiger partial charge >= 0.3 is 0 Å². The second kappa shape index (κ2) is 6.43. The van der Waals surface area contributed by atoms with Gasteiger partial charge in [-0.1, -0.05) is 0 Å². The number of rotatable bonds is 5. The molecule has 8 heteroatoms. The molecule has 0 aliphatic carbocycles. The Kier molecular flexibility index (Phi) is 4.62. The van der Waals surface area contributed by atoms with Gasteiger partial charge in [-0.15, -0.1) is 0 Å². The first-order chi connectivity index (χ1) is 8.75. The summed E-state index contributed by atoms with van der Waals surface area (Å²) in [7, 11) is 0. The normalized spacial score (nSPS) is 18.5. The van der Waals surface area contributed by atoms with Crippen LogP contribution < -0.4 is 10.6 Å². The van der Waals surface area contributed by atoms with E-state index in [2.05, 4.69) is 30.9 Å². The summed E-state index contributed by atoms with van der Waals surface area (Å²) in [6.07, 6.45) is 0.775. The van der Waals surface area contributed by atoms with Crippen LogP contribution >= 0.6 is 0 Å². The summed E-state index contributed by atoms with van der Waals surface area (Å²) < 4.78 is 0. The van der Waals surface area contributed by atoms with Crippen molar-refractivity contribution in [1.82, 2.24) is 30.9 Å². The van der Waals surface area contributed by atoms with E-state index in [1.807, 2.05) is 0 Å². The number of aliphatic hydroxyl groups is 1. The number of H-pyrrole nitrogens is 1. The van der Waals surface area contributed by atoms with E-state index in [1.165, 1.54) is 6.20 Å². The van der Waals surface area contributed by atoms with Gasteiger partial charge in [-0.3, -0.25) is 9.69 Å². The zero-order valence-corrected chi connectivity index (χ0v) is 10.1. The van der Waals surface area contributed by atoms with Crippen LogP contribution in [0, 0.1) is 0 Å². The Bertz CT molecular complexity index is 362. The lowest BCUT2D eigenvalue weighted by Crippen LogP contribution is -2.48. The van der Waals surface area contributed by atoms with Gasteiger partial charge in [0.05, 0.1) is 12.3 Å². The van der Waals surface area contributed by atoms with E-state index in [9.17, 15) is 9.90 Å². The Balaban J connectivity index is 1.68. The number of carbonyl (C=O) groups is 1. The molecular weight excluding hydrogens is 236 g/mol. The predicted octanol–water partition coefficient (Wildman–Crippen LogP) is -2.20. The van der Waals surface area contributed by atoms with Crippen LogP contribution in [0.3, 0.4) is 0 Å². The first kappa shape index (κ1) is 12.9. The van der Waals surface area contributed by atoms with Crippen molar-refractivity contribution in [2.24, 2.45) is 0 Å². The lowest BCUT2D eigenvalue weighted by atomic mass is 10.2. The molecule has 1 aromatic heterocycles. The number of carbonyl (C=O) groups excluding carboxylic acids is 1. The molecule has 2 rings (SSSR count). The highest BCUT2D eigenvalue weighted by atomic mass is 16.3. The second-order valence-electron chi connectivity index (χ2n) is 4.27. The molecule has 4 N–H and O–H groups in total. The summed E-state index contributed by atoms with van der Waals surface area (Å²) >= 11 is 0. The van der Waals surface area contributed by atoms with Gasteiger partial charge in [0.1, 0.15) is 0 Å². The molecule has 0 saturated carbocycles. The van der Waals surface area contributed by atoms with E-state index >= 15 is 0 Å². The Morgan fingerprint density at radius 1 is 1.56 bits per heavy atom. The van der Waals surface area contributed by atoms with E-state index in [0.29, 0.717) is 6.54 Å². The number of amides is 1. The first-order valence-corrected chi connectivity index (χ1v) is 6.01. The highest BCUT2D eigenvalue weighted by molar-refractivity contribution is 5.91. The Morgan fingerprint density at radius 2 is 2.33 bits per heavy atom. The fraction of sp³-hybridized carbons (Fsp3) is 0.700. The molecule has 1 atom stereocenters. The van der Waals surface area contributed by atoms with Crippen LogP contribution in [0.15, 0.2) is 6.20 Å². The number of nitrogens with one attached hydrogen (secondary N) is 3. The molecule has 0 spiro atoms. The highest BCUT2D eigenvalue weighted by Crippen LogP contribution is 1.95. The van der Waals surface area contributed by atoms with Crippen molar-refractivity contribution in [3.63, 3.8) is 0 Å². The molecule has 0 aromatic carbocycles. The molecule has 8 nitrogen and oxygen atoms in total. The van der Waals surface area contributed by atoms with Gasteiger partial charge in [-0.25, -0.2) is 0 Å². The molecule has 1 aromatic rings. The molecule has 0 unspecified atom stereocenters. The topological polar surface area (TPSA) is 106 Å². The summed E-state index contributed by atoms with van der Waals surface area (Å²) in [6.45, 7) is 4.52. The number of aliphatic hydroxyl groups excluding tert-OH is 1. The summed E-state index contributed by atoms with van der Waals surface area (Å²) in [5.41, 5.74) is 0.226. The van der Waals surface area contributed by atoms with Crippen molar-refractivity contribution in [3.8, 4) is 0 Å². The quantitative estimate of drug-likeness (QED) is 0.475. The van der Waals surface area contributed by atoms with Crippen LogP contribution in [0.2, 0.25) is 0 Å². The summed E-state index contributed by atoms with van der Waals surface area (Å²) in [4.78, 5) is 13.7. The van der Waals surface area contributed by atoms with Gasteiger partial charge in [0.25, 0.3) is 5.91 Å². The van der Waals surface area contributed by atoms with Gasteiger partial charge in [0.2, 0.25) is 0 Å². The predicted molar refractivity (Wildman–Crippen MR) is 64.0 cm³/mol. The molecule has 0 radical (unpaired) electrons. The minimum atomic E-state index is -0.570. The maximum atomic E-state index is 11.5. The van der Waals surface area contributed by atoms with E-state index in [1.54, 1.807) is 0 Å². The van der Waals surface area contributed by atoms with Crippen molar-refractivity contribution < 1.29 is 9.90 Å². The molecule has 1 aliphatic heterocycles. The molecule has 18 heavy (non-hydrogen) atoms. The molecule has 100 valence electrons. The lowest BCUT2D eigenvalue weighted by molar-refractivity contribution is 0.0838. The third kappa shape index (κ3) is 3.76. The van der Waals surface area contributed by atoms with E-state index in [-0.39, 0.29) is 18.1 Å². The van der Waals surface area contributed by atoms with Crippen LogP contribution in [0.4, 0.5) is 0 Å². The number of hydrogen-bond acceptors (Lipinski definition) is 6. The van der Waals surface area contributed by atoms with Gasteiger partial charge in [-0.2, -0.15) is 15.4 Å². The Hall–Kier alpha value is -1.51. The Labute approximate surface area is 105 Å². The van der Waals surface area contributed by atoms with Gasteiger partial charge in [-0.05, 0) is 0 Å². The van der Waals surface area contributed by atoms with E-state index in [4.69, 9.17) is 0 Å². The Morgan fingerprint density at radius 3 is 3.00 bits per heavy atom. The minimum Gasteiger partial charge on any atom is -0.390 e. The molecule has 1 amide bonds. The molecule has 1 aliphatic rings. The lowest BCUT2D eigenvalue weighted by Gasteiger charge is -2.29. The zero-order valence-electron chi connectivity index (χ0n) is 10.1. The van der Waals surface area contributed by atoms with E-state index < -0.39 is 6.10 Å². The van der Waals surface area contributed by atoms with Gasteiger partial charge < -0.3 is 15.7 Å². The molecular formula is C10H18N6O2. The van der Waals surface area contributed by atoms with Crippen molar-refractivity contribution in [3.05, 3.63) is 11.9 Å². The molecule has 1 fully saturated rings. The minimum absolute atomic E-state index is 0.218. The van der Waals surface area contributed by atoms with Crippen molar-refractivity contribution in [1.29, 1.82) is 0 Å². The number of aromatic nitrogens is 3. The maximum Gasteiger partial charge on any atom is 0.273 e. The van der Waals surface area contributed by atoms with E-state index in [0.717, 1.165) is 26.2 Å². The zero-order chi connectivity index (χ0) is 12.8. The first-order valence-electron chi connectivity index (χ1n) is 6.01. The third-order valence-corrected chi connectivity index (χ3v) is 2.82. The van der Waals surface area contributed by atoms with Crippen molar-refractivity contribution in [2.75, 3.05) is 39.3 Å². The second-order valence-corrected chi connectivity index (χ2v) is 4.27. The largest absolute Gasteiger partial charge is 0.390 e. The van der Waals surface area contributed by atoms with Crippen LogP contribution in [0.25, 0.3) is 0 Å². The van der Waals surface area contributed by atoms with Crippen LogP contribution in [-0.2, 0) is 0 Å². The average Bonchev–Trinajstić information content (AvgIpc) is 2.91. The number of hydrogen-bond donors (Lipinski definition) is 4. The molecule has 0 bridgehead atoms. The molecule has 1 saturated heterocycles. The smallest absolute Gasteiger partial charge is 0.273 e. The van der Waals surface area contributed by atoms with Crippen LogP contribution in [0.5, 0.6) is 0 Å². The summed E-state index contributed by atoms with van der Waals surface area (Å²) in [5, 5.41) is 25.3. The van der Waals surface area contributed by atoms with Gasteiger partial charge in [0, 0.05) is 39.3 Å². The average molecular weight is 254 g/mol. The number of aromatic amines is 1. The number of piperazine rings is 1. The fourth-order valence-electron chi connectivity index (χ4n) is 1.87. The van der Waals surface area contributed by atoms with Gasteiger partial charge in [0.15, 0.2) is 5.69 Å². The SMILES string of the molecule is O=C(NC[C@@H](O)CN1CCNCC1)c1cn[nH]n1. The summed E-state index contributed by atoms with van der Waals surface area (Å²) in [5.74, 6) is -0.330. The number of β-amino-alcohol motifs (C(OH)–C–C–N with tert-alkyl or cyclic N) is 1.